The predicted octanol–water partition coefficient (Wildman–Crippen LogP) is 2.97. The van der Waals surface area contributed by atoms with Crippen LogP contribution in [0.2, 0.25) is 0 Å². The van der Waals surface area contributed by atoms with Gasteiger partial charge in [-0.2, -0.15) is 10.5 Å². The molecule has 0 aromatic heterocycles. The van der Waals surface area contributed by atoms with Crippen molar-refractivity contribution in [3.63, 3.8) is 0 Å². The maximum atomic E-state index is 12.9. The summed E-state index contributed by atoms with van der Waals surface area (Å²) in [6.07, 6.45) is 6.31. The van der Waals surface area contributed by atoms with Crippen LogP contribution < -0.4 is 0 Å². The SMILES string of the molecule is CN(C)CC#C[C@]12C=C(C#N)C(=O)C=C1[C@@]1(C)C=C(C#N)C(=O)C(C)(C)[C@@H]1CC2. The Morgan fingerprint density at radius 1 is 1.10 bits per heavy atom. The highest BCUT2D eigenvalue weighted by atomic mass is 16.1. The minimum Gasteiger partial charge on any atom is -0.299 e. The molecule has 3 aliphatic carbocycles. The van der Waals surface area contributed by atoms with Crippen LogP contribution in [-0.4, -0.2) is 37.1 Å². The van der Waals surface area contributed by atoms with Crippen molar-refractivity contribution in [3.05, 3.63) is 34.9 Å². The Hall–Kier alpha value is -2.94. The summed E-state index contributed by atoms with van der Waals surface area (Å²) < 4.78 is 0. The summed E-state index contributed by atoms with van der Waals surface area (Å²) in [7, 11) is 3.86. The Morgan fingerprint density at radius 3 is 2.34 bits per heavy atom. The first-order valence-electron chi connectivity index (χ1n) is 9.74. The molecule has 29 heavy (non-hydrogen) atoms. The molecule has 0 unspecified atom stereocenters. The van der Waals surface area contributed by atoms with Crippen LogP contribution in [0.3, 0.4) is 0 Å². The van der Waals surface area contributed by atoms with Crippen molar-refractivity contribution in [2.24, 2.45) is 22.2 Å². The molecule has 3 aliphatic rings. The number of allylic oxidation sites excluding steroid dienone is 6. The fourth-order valence-corrected chi connectivity index (χ4v) is 5.29. The van der Waals surface area contributed by atoms with Gasteiger partial charge >= 0.3 is 0 Å². The van der Waals surface area contributed by atoms with Crippen LogP contribution in [-0.2, 0) is 9.59 Å². The lowest BCUT2D eigenvalue weighted by atomic mass is 9.45. The summed E-state index contributed by atoms with van der Waals surface area (Å²) in [4.78, 5) is 27.4. The van der Waals surface area contributed by atoms with Crippen molar-refractivity contribution in [2.45, 2.75) is 33.6 Å². The molecular weight excluding hydrogens is 362 g/mol. The fraction of sp³-hybridized carbons (Fsp3) is 0.500. The maximum absolute atomic E-state index is 12.9. The van der Waals surface area contributed by atoms with Gasteiger partial charge in [-0.1, -0.05) is 38.7 Å². The second-order valence-electron chi connectivity index (χ2n) is 9.20. The van der Waals surface area contributed by atoms with E-state index in [1.54, 1.807) is 12.2 Å². The summed E-state index contributed by atoms with van der Waals surface area (Å²) in [6.45, 7) is 6.32. The topological polar surface area (TPSA) is 85.0 Å². The molecule has 0 radical (unpaired) electrons. The lowest BCUT2D eigenvalue weighted by Gasteiger charge is -2.56. The van der Waals surface area contributed by atoms with Gasteiger partial charge < -0.3 is 0 Å². The van der Waals surface area contributed by atoms with E-state index in [0.717, 1.165) is 5.57 Å². The van der Waals surface area contributed by atoms with Gasteiger partial charge in [-0.05, 0) is 50.6 Å². The van der Waals surface area contributed by atoms with E-state index in [-0.39, 0.29) is 28.6 Å². The van der Waals surface area contributed by atoms with E-state index in [1.165, 1.54) is 6.08 Å². The molecule has 5 heteroatoms. The molecule has 0 N–H and O–H groups in total. The molecule has 1 saturated carbocycles. The molecule has 3 rings (SSSR count). The average Bonchev–Trinajstić information content (AvgIpc) is 2.65. The molecule has 0 aromatic rings. The summed E-state index contributed by atoms with van der Waals surface area (Å²) in [5, 5.41) is 19.0. The van der Waals surface area contributed by atoms with E-state index in [0.29, 0.717) is 19.4 Å². The number of Topliss-reactive ketones (excluding diaryl/α,β-unsaturated/α-hetero) is 1. The first kappa shape index (κ1) is 20.8. The van der Waals surface area contributed by atoms with Crippen LogP contribution >= 0.6 is 0 Å². The van der Waals surface area contributed by atoms with Crippen LogP contribution in [0, 0.1) is 56.7 Å². The van der Waals surface area contributed by atoms with E-state index < -0.39 is 16.2 Å². The standard InChI is InChI=1S/C24H25N3O2/c1-22(2)19-7-9-24(8-6-10-27(4)5)13-16(14-25)18(28)11-20(24)23(19,3)12-17(15-26)21(22)29/h11-13,19H,7,9-10H2,1-5H3/t19-,23-,24-/m0/s1. The van der Waals surface area contributed by atoms with Crippen molar-refractivity contribution >= 4 is 11.6 Å². The molecule has 0 saturated heterocycles. The molecule has 0 amide bonds. The second-order valence-corrected chi connectivity index (χ2v) is 9.20. The van der Waals surface area contributed by atoms with Gasteiger partial charge in [0.05, 0.1) is 23.1 Å². The van der Waals surface area contributed by atoms with E-state index in [9.17, 15) is 20.1 Å². The van der Waals surface area contributed by atoms with Crippen LogP contribution in [0.5, 0.6) is 0 Å². The molecule has 148 valence electrons. The van der Waals surface area contributed by atoms with Crippen LogP contribution in [0.15, 0.2) is 34.9 Å². The van der Waals surface area contributed by atoms with Gasteiger partial charge in [-0.3, -0.25) is 14.5 Å². The number of nitrogens with zero attached hydrogens (tertiary/aromatic N) is 3. The number of rotatable bonds is 1. The highest BCUT2D eigenvalue weighted by Crippen LogP contribution is 2.63. The zero-order chi connectivity index (χ0) is 21.6. The lowest BCUT2D eigenvalue weighted by molar-refractivity contribution is -0.130. The number of ketones is 2. The Labute approximate surface area is 172 Å². The maximum Gasteiger partial charge on any atom is 0.196 e. The molecule has 3 atom stereocenters. The lowest BCUT2D eigenvalue weighted by Crippen LogP contribution is -2.53. The second kappa shape index (κ2) is 6.84. The molecule has 0 bridgehead atoms. The highest BCUT2D eigenvalue weighted by molar-refractivity contribution is 6.09. The molecule has 0 heterocycles. The smallest absolute Gasteiger partial charge is 0.196 e. The number of hydrogen-bond donors (Lipinski definition) is 0. The van der Waals surface area contributed by atoms with Crippen LogP contribution in [0.4, 0.5) is 0 Å². The Balaban J connectivity index is 2.26. The summed E-state index contributed by atoms with van der Waals surface area (Å²) in [5.74, 6) is 5.99. The molecule has 0 aromatic carbocycles. The van der Waals surface area contributed by atoms with Gasteiger partial charge in [0.1, 0.15) is 12.1 Å². The number of fused-ring (bicyclic) bond motifs is 3. The van der Waals surface area contributed by atoms with Gasteiger partial charge in [-0.15, -0.1) is 0 Å². The van der Waals surface area contributed by atoms with Crippen molar-refractivity contribution in [1.29, 1.82) is 10.5 Å². The molecule has 5 nitrogen and oxygen atoms in total. The van der Waals surface area contributed by atoms with Crippen molar-refractivity contribution in [1.82, 2.24) is 4.90 Å². The zero-order valence-electron chi connectivity index (χ0n) is 17.6. The zero-order valence-corrected chi connectivity index (χ0v) is 17.6. The van der Waals surface area contributed by atoms with Gasteiger partial charge in [-0.25, -0.2) is 0 Å². The van der Waals surface area contributed by atoms with Crippen molar-refractivity contribution < 1.29 is 9.59 Å². The minimum atomic E-state index is -0.742. The third-order valence-electron chi connectivity index (χ3n) is 6.64. The van der Waals surface area contributed by atoms with Gasteiger partial charge in [0.25, 0.3) is 0 Å². The van der Waals surface area contributed by atoms with Gasteiger partial charge in [0.2, 0.25) is 0 Å². The third kappa shape index (κ3) is 3.05. The van der Waals surface area contributed by atoms with Crippen LogP contribution in [0.1, 0.15) is 33.6 Å². The fourth-order valence-electron chi connectivity index (χ4n) is 5.29. The number of carbonyl (C=O) groups excluding carboxylic acids is 2. The number of hydrogen-bond acceptors (Lipinski definition) is 5. The van der Waals surface area contributed by atoms with Gasteiger partial charge in [0.15, 0.2) is 11.6 Å². The quantitative estimate of drug-likeness (QED) is 0.646. The van der Waals surface area contributed by atoms with E-state index in [1.807, 2.05) is 45.8 Å². The van der Waals surface area contributed by atoms with Crippen molar-refractivity contribution in [3.8, 4) is 24.0 Å². The monoisotopic (exact) mass is 387 g/mol. The molecular formula is C24H25N3O2. The molecule has 0 aliphatic heterocycles. The summed E-state index contributed by atoms with van der Waals surface area (Å²) in [5.41, 5.74) is -1.10. The molecule has 0 spiro atoms. The van der Waals surface area contributed by atoms with Crippen molar-refractivity contribution in [2.75, 3.05) is 20.6 Å². The number of carbonyl (C=O) groups is 2. The first-order chi connectivity index (χ1) is 13.5. The summed E-state index contributed by atoms with van der Waals surface area (Å²) >= 11 is 0. The molecule has 1 fully saturated rings. The largest absolute Gasteiger partial charge is 0.299 e. The predicted molar refractivity (Wildman–Crippen MR) is 109 cm³/mol. The highest BCUT2D eigenvalue weighted by Gasteiger charge is 2.59. The summed E-state index contributed by atoms with van der Waals surface area (Å²) in [6, 6.07) is 4.06. The van der Waals surface area contributed by atoms with Gasteiger partial charge in [0, 0.05) is 10.8 Å². The Kier molecular flexibility index (Phi) is 4.90. The van der Waals surface area contributed by atoms with E-state index >= 15 is 0 Å². The third-order valence-corrected chi connectivity index (χ3v) is 6.64. The van der Waals surface area contributed by atoms with Crippen LogP contribution in [0.25, 0.3) is 0 Å². The normalized spacial score (nSPS) is 32.4. The van der Waals surface area contributed by atoms with E-state index in [4.69, 9.17) is 0 Å². The van der Waals surface area contributed by atoms with E-state index in [2.05, 4.69) is 17.9 Å². The first-order valence-corrected chi connectivity index (χ1v) is 9.74. The average molecular weight is 387 g/mol. The Morgan fingerprint density at radius 2 is 1.76 bits per heavy atom. The Bertz CT molecular complexity index is 1030. The number of nitriles is 2. The minimum absolute atomic E-state index is 0.0561.